The van der Waals surface area contributed by atoms with Crippen LogP contribution in [-0.2, 0) is 14.4 Å². The summed E-state index contributed by atoms with van der Waals surface area (Å²) in [6.45, 7) is 5.10. The second-order valence-corrected chi connectivity index (χ2v) is 4.76. The van der Waals surface area contributed by atoms with E-state index in [-0.39, 0.29) is 24.7 Å². The Kier molecular flexibility index (Phi) is 2.83. The third kappa shape index (κ3) is 2.16. The summed E-state index contributed by atoms with van der Waals surface area (Å²) in [5, 5.41) is 9.06. The second kappa shape index (κ2) is 3.64. The van der Waals surface area contributed by atoms with Crippen LogP contribution in [0.3, 0.4) is 0 Å². The molecule has 5 heteroatoms. The van der Waals surface area contributed by atoms with Crippen LogP contribution in [0.5, 0.6) is 0 Å². The van der Waals surface area contributed by atoms with Gasteiger partial charge in [-0.1, -0.05) is 20.8 Å². The summed E-state index contributed by atoms with van der Waals surface area (Å²) in [6.07, 6.45) is 0.247. The van der Waals surface area contributed by atoms with Crippen molar-refractivity contribution >= 4 is 17.8 Å². The maximum atomic E-state index is 11.4. The summed E-state index contributed by atoms with van der Waals surface area (Å²) in [6, 6.07) is -1.07. The van der Waals surface area contributed by atoms with Gasteiger partial charge in [-0.25, -0.2) is 4.79 Å². The molecular weight excluding hydrogens is 198 g/mol. The van der Waals surface area contributed by atoms with Crippen LogP contribution in [0.1, 0.15) is 33.6 Å². The number of carboxylic acid groups (broad SMARTS) is 1. The van der Waals surface area contributed by atoms with Crippen molar-refractivity contribution in [3.05, 3.63) is 0 Å². The Balaban J connectivity index is 3.05. The molecule has 1 atom stereocenters. The molecule has 1 unspecified atom stereocenters. The lowest BCUT2D eigenvalue weighted by molar-refractivity contribution is -0.158. The van der Waals surface area contributed by atoms with Crippen molar-refractivity contribution in [2.45, 2.75) is 39.7 Å². The normalized spacial score (nSPS) is 19.5. The molecule has 0 bridgehead atoms. The minimum atomic E-state index is -1.13. The molecule has 5 nitrogen and oxygen atoms in total. The van der Waals surface area contributed by atoms with E-state index in [2.05, 4.69) is 0 Å². The molecule has 1 fully saturated rings. The lowest BCUT2D eigenvalue weighted by Crippen LogP contribution is -2.51. The summed E-state index contributed by atoms with van der Waals surface area (Å²) in [5.74, 6) is -1.91. The molecule has 0 aromatic carbocycles. The number of carboxylic acids is 1. The molecule has 0 aromatic rings. The van der Waals surface area contributed by atoms with Gasteiger partial charge in [0.1, 0.15) is 6.04 Å². The van der Waals surface area contributed by atoms with Crippen molar-refractivity contribution in [2.24, 2.45) is 5.41 Å². The molecule has 0 saturated carbocycles. The number of hydrogen-bond acceptors (Lipinski definition) is 3. The standard InChI is InChI=1S/C10H15NO4/c1-10(2,3)8(9(14)15)11-6(12)4-5-7(11)13/h8H,4-5H2,1-3H3,(H,14,15). The third-order valence-electron chi connectivity index (χ3n) is 2.40. The Morgan fingerprint density at radius 2 is 1.67 bits per heavy atom. The Hall–Kier alpha value is -1.39. The second-order valence-electron chi connectivity index (χ2n) is 4.76. The van der Waals surface area contributed by atoms with Crippen LogP contribution in [0.25, 0.3) is 0 Å². The average Bonchev–Trinajstić information content (AvgIpc) is 2.32. The molecule has 0 radical (unpaired) electrons. The monoisotopic (exact) mass is 213 g/mol. The van der Waals surface area contributed by atoms with Crippen molar-refractivity contribution < 1.29 is 19.5 Å². The number of likely N-dealkylation sites (tertiary alicyclic amines) is 1. The van der Waals surface area contributed by atoms with E-state index in [0.29, 0.717) is 0 Å². The average molecular weight is 213 g/mol. The molecule has 0 spiro atoms. The van der Waals surface area contributed by atoms with Crippen LogP contribution in [0, 0.1) is 5.41 Å². The summed E-state index contributed by atoms with van der Waals surface area (Å²) >= 11 is 0. The van der Waals surface area contributed by atoms with E-state index in [9.17, 15) is 14.4 Å². The fraction of sp³-hybridized carbons (Fsp3) is 0.700. The van der Waals surface area contributed by atoms with Gasteiger partial charge < -0.3 is 5.11 Å². The fourth-order valence-electron chi connectivity index (χ4n) is 1.75. The SMILES string of the molecule is CC(C)(C)C(C(=O)O)N1C(=O)CCC1=O. The zero-order valence-electron chi connectivity index (χ0n) is 9.11. The molecule has 84 valence electrons. The smallest absolute Gasteiger partial charge is 0.327 e. The lowest BCUT2D eigenvalue weighted by atomic mass is 9.85. The summed E-state index contributed by atoms with van der Waals surface area (Å²) < 4.78 is 0. The van der Waals surface area contributed by atoms with E-state index in [4.69, 9.17) is 5.11 Å². The van der Waals surface area contributed by atoms with Gasteiger partial charge >= 0.3 is 5.97 Å². The topological polar surface area (TPSA) is 74.7 Å². The molecule has 2 amide bonds. The maximum Gasteiger partial charge on any atom is 0.327 e. The van der Waals surface area contributed by atoms with Crippen LogP contribution < -0.4 is 0 Å². The van der Waals surface area contributed by atoms with E-state index in [1.807, 2.05) is 0 Å². The predicted molar refractivity (Wildman–Crippen MR) is 52.0 cm³/mol. The predicted octanol–water partition coefficient (Wildman–Crippen LogP) is 0.635. The molecule has 1 rings (SSSR count). The number of aliphatic carboxylic acids is 1. The van der Waals surface area contributed by atoms with Crippen molar-refractivity contribution in [3.8, 4) is 0 Å². The van der Waals surface area contributed by atoms with Gasteiger partial charge in [0, 0.05) is 12.8 Å². The first-order valence-electron chi connectivity index (χ1n) is 4.83. The fourth-order valence-corrected chi connectivity index (χ4v) is 1.75. The maximum absolute atomic E-state index is 11.4. The Morgan fingerprint density at radius 1 is 1.27 bits per heavy atom. The summed E-state index contributed by atoms with van der Waals surface area (Å²) in [5.41, 5.74) is -0.651. The first-order chi connectivity index (χ1) is 6.75. The molecule has 0 aromatic heterocycles. The number of carbonyl (C=O) groups is 3. The van der Waals surface area contributed by atoms with Crippen molar-refractivity contribution in [1.29, 1.82) is 0 Å². The number of hydrogen-bond donors (Lipinski definition) is 1. The van der Waals surface area contributed by atoms with Crippen LogP contribution in [0.15, 0.2) is 0 Å². The quantitative estimate of drug-likeness (QED) is 0.683. The highest BCUT2D eigenvalue weighted by molar-refractivity contribution is 6.05. The van der Waals surface area contributed by atoms with Crippen molar-refractivity contribution in [2.75, 3.05) is 0 Å². The van der Waals surface area contributed by atoms with Gasteiger partial charge in [0.05, 0.1) is 0 Å². The minimum absolute atomic E-state index is 0.124. The van der Waals surface area contributed by atoms with E-state index in [1.54, 1.807) is 20.8 Å². The highest BCUT2D eigenvalue weighted by Gasteiger charge is 2.44. The van der Waals surface area contributed by atoms with E-state index >= 15 is 0 Å². The van der Waals surface area contributed by atoms with Gasteiger partial charge in [-0.05, 0) is 5.41 Å². The first kappa shape index (κ1) is 11.7. The number of rotatable bonds is 2. The first-order valence-corrected chi connectivity index (χ1v) is 4.83. The number of amides is 2. The third-order valence-corrected chi connectivity index (χ3v) is 2.40. The van der Waals surface area contributed by atoms with Crippen LogP contribution in [0.2, 0.25) is 0 Å². The van der Waals surface area contributed by atoms with E-state index in [0.717, 1.165) is 4.90 Å². The van der Waals surface area contributed by atoms with Crippen LogP contribution in [0.4, 0.5) is 0 Å². The minimum Gasteiger partial charge on any atom is -0.480 e. The van der Waals surface area contributed by atoms with Crippen LogP contribution >= 0.6 is 0 Å². The molecule has 1 aliphatic rings. The van der Waals surface area contributed by atoms with Gasteiger partial charge in [0.15, 0.2) is 0 Å². The molecule has 1 heterocycles. The van der Waals surface area contributed by atoms with Crippen molar-refractivity contribution in [3.63, 3.8) is 0 Å². The van der Waals surface area contributed by atoms with Gasteiger partial charge in [0.25, 0.3) is 0 Å². The Morgan fingerprint density at radius 3 is 1.93 bits per heavy atom. The molecule has 0 aliphatic carbocycles. The highest BCUT2D eigenvalue weighted by Crippen LogP contribution is 2.28. The van der Waals surface area contributed by atoms with Gasteiger partial charge in [0.2, 0.25) is 11.8 Å². The number of imide groups is 1. The van der Waals surface area contributed by atoms with Crippen LogP contribution in [-0.4, -0.2) is 33.8 Å². The molecule has 15 heavy (non-hydrogen) atoms. The van der Waals surface area contributed by atoms with E-state index < -0.39 is 17.4 Å². The summed E-state index contributed by atoms with van der Waals surface area (Å²) in [4.78, 5) is 34.8. The zero-order chi connectivity index (χ0) is 11.8. The largest absolute Gasteiger partial charge is 0.480 e. The zero-order valence-corrected chi connectivity index (χ0v) is 9.11. The molecule has 1 N–H and O–H groups in total. The summed E-state index contributed by atoms with van der Waals surface area (Å²) in [7, 11) is 0. The van der Waals surface area contributed by atoms with Gasteiger partial charge in [-0.15, -0.1) is 0 Å². The lowest BCUT2D eigenvalue weighted by Gasteiger charge is -2.33. The number of nitrogens with zero attached hydrogens (tertiary/aromatic N) is 1. The van der Waals surface area contributed by atoms with E-state index in [1.165, 1.54) is 0 Å². The van der Waals surface area contributed by atoms with Gasteiger partial charge in [-0.3, -0.25) is 14.5 Å². The molecular formula is C10H15NO4. The van der Waals surface area contributed by atoms with Crippen molar-refractivity contribution in [1.82, 2.24) is 4.90 Å². The Bertz CT molecular complexity index is 300. The van der Waals surface area contributed by atoms with Gasteiger partial charge in [-0.2, -0.15) is 0 Å². The Labute approximate surface area is 88.1 Å². The number of carbonyl (C=O) groups excluding carboxylic acids is 2. The highest BCUT2D eigenvalue weighted by atomic mass is 16.4. The molecule has 1 saturated heterocycles. The molecule has 1 aliphatic heterocycles.